The third kappa shape index (κ3) is 2.99. The van der Waals surface area contributed by atoms with Crippen molar-refractivity contribution >= 4 is 11.5 Å². The van der Waals surface area contributed by atoms with Crippen molar-refractivity contribution in [2.75, 3.05) is 0 Å². The first-order chi connectivity index (χ1) is 14.5. The summed E-state index contributed by atoms with van der Waals surface area (Å²) in [7, 11) is 0. The van der Waals surface area contributed by atoms with Gasteiger partial charge in [0.15, 0.2) is 0 Å². The number of carbonyl (C=O) groups excluding carboxylic acids is 1. The summed E-state index contributed by atoms with van der Waals surface area (Å²) in [5.41, 5.74) is 4.99. The van der Waals surface area contributed by atoms with Crippen LogP contribution >= 0.6 is 0 Å². The summed E-state index contributed by atoms with van der Waals surface area (Å²) in [6.07, 6.45) is 17.7. The molecule has 0 spiro atoms. The van der Waals surface area contributed by atoms with Gasteiger partial charge in [0, 0.05) is 25.2 Å². The SMILES string of the molecule is CCC(=O)O[C@H]1CC[C@@]2(C)C(=CCC3C2CC[C@]2(C)C(c4cccnc4)=CCC32)C1. The minimum absolute atomic E-state index is 0.0497. The maximum atomic E-state index is 11.8. The molecule has 3 unspecified atom stereocenters. The number of pyridine rings is 1. The minimum Gasteiger partial charge on any atom is -0.462 e. The molecule has 1 aromatic heterocycles. The Kier molecular flexibility index (Phi) is 4.91. The Morgan fingerprint density at radius 1 is 1.13 bits per heavy atom. The predicted octanol–water partition coefficient (Wildman–Crippen LogP) is 6.36. The van der Waals surface area contributed by atoms with Gasteiger partial charge in [-0.05, 0) is 84.3 Å². The predicted molar refractivity (Wildman–Crippen MR) is 119 cm³/mol. The summed E-state index contributed by atoms with van der Waals surface area (Å²) in [5, 5.41) is 0. The minimum atomic E-state index is -0.0497. The molecule has 1 aromatic rings. The molecule has 0 aliphatic heterocycles. The number of aromatic nitrogens is 1. The average molecular weight is 406 g/mol. The van der Waals surface area contributed by atoms with Crippen molar-refractivity contribution in [3.8, 4) is 0 Å². The zero-order valence-electron chi connectivity index (χ0n) is 18.7. The van der Waals surface area contributed by atoms with E-state index in [-0.39, 0.29) is 22.9 Å². The van der Waals surface area contributed by atoms with Crippen LogP contribution in [-0.4, -0.2) is 17.1 Å². The fraction of sp³-hybridized carbons (Fsp3) is 0.630. The Hall–Kier alpha value is -1.90. The molecule has 0 N–H and O–H groups in total. The second kappa shape index (κ2) is 7.35. The standard InChI is InChI=1S/C27H35NO2/c1-4-25(29)30-20-11-13-26(2)19(16-20)7-8-21-23-10-9-22(18-6-5-15-28-17-18)27(23,3)14-12-24(21)26/h5-7,9,15,17,20-21,23-24H,4,8,10-14,16H2,1-3H3/t20-,21?,23?,24?,26-,27+/m0/s1. The molecule has 6 atom stereocenters. The van der Waals surface area contributed by atoms with Gasteiger partial charge in [0.1, 0.15) is 6.10 Å². The van der Waals surface area contributed by atoms with Crippen LogP contribution in [0, 0.1) is 28.6 Å². The first-order valence-corrected chi connectivity index (χ1v) is 12.0. The van der Waals surface area contributed by atoms with Crippen LogP contribution in [0.2, 0.25) is 0 Å². The third-order valence-electron chi connectivity index (χ3n) is 9.20. The van der Waals surface area contributed by atoms with Gasteiger partial charge in [0.05, 0.1) is 0 Å². The molecule has 3 nitrogen and oxygen atoms in total. The van der Waals surface area contributed by atoms with E-state index in [9.17, 15) is 4.79 Å². The van der Waals surface area contributed by atoms with Gasteiger partial charge < -0.3 is 4.74 Å². The zero-order valence-corrected chi connectivity index (χ0v) is 18.7. The molecule has 0 bridgehead atoms. The lowest BCUT2D eigenvalue weighted by molar-refractivity contribution is -0.150. The first-order valence-electron chi connectivity index (χ1n) is 12.0. The van der Waals surface area contributed by atoms with Gasteiger partial charge in [-0.2, -0.15) is 0 Å². The van der Waals surface area contributed by atoms with Gasteiger partial charge >= 0.3 is 5.97 Å². The molecule has 0 aromatic carbocycles. The van der Waals surface area contributed by atoms with E-state index in [2.05, 4.69) is 43.1 Å². The molecule has 0 saturated heterocycles. The van der Waals surface area contributed by atoms with Crippen molar-refractivity contribution in [1.82, 2.24) is 4.98 Å². The smallest absolute Gasteiger partial charge is 0.305 e. The highest BCUT2D eigenvalue weighted by Crippen LogP contribution is 2.66. The van der Waals surface area contributed by atoms with E-state index in [4.69, 9.17) is 4.74 Å². The Bertz CT molecular complexity index is 887. The van der Waals surface area contributed by atoms with E-state index in [0.29, 0.717) is 6.42 Å². The van der Waals surface area contributed by atoms with E-state index in [1.54, 1.807) is 5.57 Å². The number of carbonyl (C=O) groups is 1. The summed E-state index contributed by atoms with van der Waals surface area (Å²) in [4.78, 5) is 16.2. The summed E-state index contributed by atoms with van der Waals surface area (Å²) in [5.74, 6) is 2.21. The first kappa shape index (κ1) is 20.0. The van der Waals surface area contributed by atoms with E-state index >= 15 is 0 Å². The molecule has 4 aliphatic carbocycles. The number of rotatable bonds is 3. The van der Waals surface area contributed by atoms with Crippen LogP contribution in [0.25, 0.3) is 5.57 Å². The topological polar surface area (TPSA) is 39.2 Å². The molecule has 4 aliphatic rings. The lowest BCUT2D eigenvalue weighted by atomic mass is 9.47. The molecule has 2 saturated carbocycles. The molecule has 3 heteroatoms. The second-order valence-corrected chi connectivity index (χ2v) is 10.5. The zero-order chi connectivity index (χ0) is 20.9. The van der Waals surface area contributed by atoms with Crippen molar-refractivity contribution in [3.63, 3.8) is 0 Å². The van der Waals surface area contributed by atoms with Crippen molar-refractivity contribution in [3.05, 3.63) is 47.8 Å². The number of nitrogens with zero attached hydrogens (tertiary/aromatic N) is 1. The molecule has 0 amide bonds. The summed E-state index contributed by atoms with van der Waals surface area (Å²) >= 11 is 0. The highest BCUT2D eigenvalue weighted by atomic mass is 16.5. The Labute approximate surface area is 181 Å². The number of allylic oxidation sites excluding steroid dienone is 3. The maximum Gasteiger partial charge on any atom is 0.305 e. The quantitative estimate of drug-likeness (QED) is 0.434. The van der Waals surface area contributed by atoms with Crippen molar-refractivity contribution < 1.29 is 9.53 Å². The maximum absolute atomic E-state index is 11.8. The largest absolute Gasteiger partial charge is 0.462 e. The van der Waals surface area contributed by atoms with E-state index in [1.807, 2.05) is 19.3 Å². The van der Waals surface area contributed by atoms with Gasteiger partial charge in [0.25, 0.3) is 0 Å². The fourth-order valence-corrected chi connectivity index (χ4v) is 7.53. The molecule has 160 valence electrons. The Morgan fingerprint density at radius 2 is 1.97 bits per heavy atom. The lowest BCUT2D eigenvalue weighted by Gasteiger charge is -2.57. The van der Waals surface area contributed by atoms with E-state index < -0.39 is 0 Å². The molecular weight excluding hydrogens is 370 g/mol. The summed E-state index contributed by atoms with van der Waals surface area (Å²) in [6, 6.07) is 4.30. The number of hydrogen-bond acceptors (Lipinski definition) is 3. The highest BCUT2D eigenvalue weighted by Gasteiger charge is 2.57. The van der Waals surface area contributed by atoms with Gasteiger partial charge in [-0.3, -0.25) is 9.78 Å². The van der Waals surface area contributed by atoms with E-state index in [1.165, 1.54) is 36.8 Å². The van der Waals surface area contributed by atoms with Crippen LogP contribution < -0.4 is 0 Å². The Balaban J connectivity index is 1.38. The van der Waals surface area contributed by atoms with Crippen molar-refractivity contribution in [1.29, 1.82) is 0 Å². The van der Waals surface area contributed by atoms with Gasteiger partial charge in [-0.1, -0.05) is 44.6 Å². The molecule has 30 heavy (non-hydrogen) atoms. The van der Waals surface area contributed by atoms with Gasteiger partial charge in [-0.15, -0.1) is 0 Å². The number of esters is 1. The van der Waals surface area contributed by atoms with Crippen LogP contribution in [0.15, 0.2) is 42.3 Å². The van der Waals surface area contributed by atoms with Crippen LogP contribution in [0.5, 0.6) is 0 Å². The van der Waals surface area contributed by atoms with Gasteiger partial charge in [0.2, 0.25) is 0 Å². The lowest BCUT2D eigenvalue weighted by Crippen LogP contribution is -2.50. The van der Waals surface area contributed by atoms with Crippen LogP contribution in [0.4, 0.5) is 0 Å². The molecule has 0 radical (unpaired) electrons. The number of hydrogen-bond donors (Lipinski definition) is 0. The van der Waals surface area contributed by atoms with Gasteiger partial charge in [-0.25, -0.2) is 0 Å². The fourth-order valence-electron chi connectivity index (χ4n) is 7.53. The normalized spacial score (nSPS) is 39.8. The number of fused-ring (bicyclic) bond motifs is 5. The average Bonchev–Trinajstić information content (AvgIpc) is 3.11. The molecule has 1 heterocycles. The molecular formula is C27H35NO2. The molecule has 2 fully saturated rings. The summed E-state index contributed by atoms with van der Waals surface area (Å²) in [6.45, 7) is 6.91. The highest BCUT2D eigenvalue weighted by molar-refractivity contribution is 5.72. The number of ether oxygens (including phenoxy) is 1. The Morgan fingerprint density at radius 3 is 2.73 bits per heavy atom. The monoisotopic (exact) mass is 405 g/mol. The van der Waals surface area contributed by atoms with Crippen molar-refractivity contribution in [2.45, 2.75) is 78.2 Å². The van der Waals surface area contributed by atoms with Crippen molar-refractivity contribution in [2.24, 2.45) is 28.6 Å². The second-order valence-electron chi connectivity index (χ2n) is 10.5. The molecule has 5 rings (SSSR count). The summed E-state index contributed by atoms with van der Waals surface area (Å²) < 4.78 is 5.72. The van der Waals surface area contributed by atoms with E-state index in [0.717, 1.165) is 37.0 Å². The van der Waals surface area contributed by atoms with Crippen LogP contribution in [-0.2, 0) is 9.53 Å². The van der Waals surface area contributed by atoms with Crippen LogP contribution in [0.3, 0.4) is 0 Å². The van der Waals surface area contributed by atoms with Crippen LogP contribution in [0.1, 0.15) is 77.7 Å². The third-order valence-corrected chi connectivity index (χ3v) is 9.20.